The van der Waals surface area contributed by atoms with Crippen LogP contribution in [-0.2, 0) is 11.3 Å². The summed E-state index contributed by atoms with van der Waals surface area (Å²) in [6, 6.07) is 16.4. The standard InChI is InChI=1S/C25H35N5O2.HI/c1-4-26-25(28-18-24(31)27-17-20-10-12-23(32-3)13-11-20)29-19(2)21-8-7-9-22(16-21)30-14-5-6-15-30;/h7-13,16,19H,4-6,14-15,17-18H2,1-3H3,(H,27,31)(H2,26,28,29);1H. The third-order valence-electron chi connectivity index (χ3n) is 5.57. The molecule has 33 heavy (non-hydrogen) atoms. The number of benzene rings is 2. The fourth-order valence-corrected chi connectivity index (χ4v) is 3.73. The Kier molecular flexibility index (Phi) is 11.3. The lowest BCUT2D eigenvalue weighted by Crippen LogP contribution is -2.39. The number of guanidine groups is 1. The quantitative estimate of drug-likeness (QED) is 0.245. The molecule has 0 aliphatic carbocycles. The average molecular weight is 566 g/mol. The summed E-state index contributed by atoms with van der Waals surface area (Å²) in [6.07, 6.45) is 2.52. The number of rotatable bonds is 9. The summed E-state index contributed by atoms with van der Waals surface area (Å²) >= 11 is 0. The molecule has 1 unspecified atom stereocenters. The van der Waals surface area contributed by atoms with Crippen molar-refractivity contribution in [2.45, 2.75) is 39.3 Å². The molecule has 180 valence electrons. The van der Waals surface area contributed by atoms with Crippen molar-refractivity contribution in [3.63, 3.8) is 0 Å². The molecular weight excluding hydrogens is 529 g/mol. The molecule has 8 heteroatoms. The van der Waals surface area contributed by atoms with E-state index < -0.39 is 0 Å². The summed E-state index contributed by atoms with van der Waals surface area (Å²) in [4.78, 5) is 19.2. The van der Waals surface area contributed by atoms with Gasteiger partial charge in [-0.05, 0) is 62.1 Å². The van der Waals surface area contributed by atoms with Crippen molar-refractivity contribution >= 4 is 41.5 Å². The van der Waals surface area contributed by atoms with Gasteiger partial charge in [0.15, 0.2) is 5.96 Å². The maximum atomic E-state index is 12.3. The van der Waals surface area contributed by atoms with Crippen LogP contribution in [0.25, 0.3) is 0 Å². The number of hydrogen-bond acceptors (Lipinski definition) is 4. The number of methoxy groups -OCH3 is 1. The van der Waals surface area contributed by atoms with Crippen molar-refractivity contribution in [1.82, 2.24) is 16.0 Å². The van der Waals surface area contributed by atoms with Crippen molar-refractivity contribution in [3.05, 3.63) is 59.7 Å². The van der Waals surface area contributed by atoms with Crippen LogP contribution < -0.4 is 25.6 Å². The molecule has 0 saturated carbocycles. The molecule has 1 amide bonds. The van der Waals surface area contributed by atoms with Gasteiger partial charge in [0, 0.05) is 31.9 Å². The van der Waals surface area contributed by atoms with Gasteiger partial charge in [0.2, 0.25) is 5.91 Å². The minimum absolute atomic E-state index is 0. The SMILES string of the molecule is CCNC(=NCC(=O)NCc1ccc(OC)cc1)NC(C)c1cccc(N2CCCC2)c1.I. The van der Waals surface area contributed by atoms with Gasteiger partial charge < -0.3 is 25.6 Å². The van der Waals surface area contributed by atoms with Crippen molar-refractivity contribution in [3.8, 4) is 5.75 Å². The Bertz CT molecular complexity index is 898. The first-order valence-corrected chi connectivity index (χ1v) is 11.4. The topological polar surface area (TPSA) is 78.0 Å². The molecule has 1 saturated heterocycles. The van der Waals surface area contributed by atoms with E-state index in [0.29, 0.717) is 12.5 Å². The Morgan fingerprint density at radius 2 is 1.85 bits per heavy atom. The highest BCUT2D eigenvalue weighted by Gasteiger charge is 2.14. The molecule has 2 aromatic rings. The molecule has 7 nitrogen and oxygen atoms in total. The summed E-state index contributed by atoms with van der Waals surface area (Å²) in [6.45, 7) is 7.62. The number of nitrogens with one attached hydrogen (secondary N) is 3. The van der Waals surface area contributed by atoms with Crippen molar-refractivity contribution in [1.29, 1.82) is 0 Å². The van der Waals surface area contributed by atoms with Gasteiger partial charge in [-0.2, -0.15) is 0 Å². The molecule has 1 heterocycles. The van der Waals surface area contributed by atoms with Gasteiger partial charge in [-0.3, -0.25) is 4.79 Å². The molecule has 1 aliphatic heterocycles. The molecule has 1 atom stereocenters. The van der Waals surface area contributed by atoms with Crippen LogP contribution in [0.1, 0.15) is 43.9 Å². The maximum absolute atomic E-state index is 12.3. The van der Waals surface area contributed by atoms with Crippen LogP contribution in [0.15, 0.2) is 53.5 Å². The Labute approximate surface area is 214 Å². The Morgan fingerprint density at radius 1 is 1.12 bits per heavy atom. The number of carbonyl (C=O) groups excluding carboxylic acids is 1. The highest BCUT2D eigenvalue weighted by atomic mass is 127. The van der Waals surface area contributed by atoms with Crippen LogP contribution in [0.4, 0.5) is 5.69 Å². The Hall–Kier alpha value is -2.49. The number of halogens is 1. The van der Waals surface area contributed by atoms with E-state index in [-0.39, 0.29) is 42.5 Å². The number of nitrogens with zero attached hydrogens (tertiary/aromatic N) is 2. The third-order valence-corrected chi connectivity index (χ3v) is 5.57. The van der Waals surface area contributed by atoms with Crippen LogP contribution in [0.2, 0.25) is 0 Å². The molecule has 0 bridgehead atoms. The highest BCUT2D eigenvalue weighted by Crippen LogP contribution is 2.23. The number of hydrogen-bond donors (Lipinski definition) is 3. The number of aliphatic imine (C=N–C) groups is 1. The molecule has 3 rings (SSSR count). The lowest BCUT2D eigenvalue weighted by Gasteiger charge is -2.22. The normalized spacial score (nSPS) is 14.3. The molecule has 0 radical (unpaired) electrons. The van der Waals surface area contributed by atoms with E-state index in [1.807, 2.05) is 31.2 Å². The summed E-state index contributed by atoms with van der Waals surface area (Å²) in [5, 5.41) is 9.56. The number of anilines is 1. The molecule has 0 spiro atoms. The predicted molar refractivity (Wildman–Crippen MR) is 146 cm³/mol. The highest BCUT2D eigenvalue weighted by molar-refractivity contribution is 14.0. The second kappa shape index (κ2) is 13.9. The molecule has 3 N–H and O–H groups in total. The summed E-state index contributed by atoms with van der Waals surface area (Å²) < 4.78 is 5.16. The fraction of sp³-hybridized carbons (Fsp3) is 0.440. The van der Waals surface area contributed by atoms with Gasteiger partial charge in [-0.25, -0.2) is 4.99 Å². The van der Waals surface area contributed by atoms with E-state index in [1.54, 1.807) is 7.11 Å². The zero-order valence-corrected chi connectivity index (χ0v) is 22.1. The third kappa shape index (κ3) is 8.42. The monoisotopic (exact) mass is 565 g/mol. The summed E-state index contributed by atoms with van der Waals surface area (Å²) in [5.74, 6) is 1.30. The first-order chi connectivity index (χ1) is 15.6. The van der Waals surface area contributed by atoms with E-state index in [4.69, 9.17) is 4.74 Å². The summed E-state index contributed by atoms with van der Waals surface area (Å²) in [7, 11) is 1.63. The lowest BCUT2D eigenvalue weighted by atomic mass is 10.1. The molecule has 0 aromatic heterocycles. The minimum atomic E-state index is -0.123. The van der Waals surface area contributed by atoms with Crippen molar-refractivity contribution < 1.29 is 9.53 Å². The van der Waals surface area contributed by atoms with Gasteiger partial charge in [-0.15, -0.1) is 24.0 Å². The fourth-order valence-electron chi connectivity index (χ4n) is 3.73. The molecule has 1 aliphatic rings. The van der Waals surface area contributed by atoms with Gasteiger partial charge in [0.1, 0.15) is 12.3 Å². The van der Waals surface area contributed by atoms with Gasteiger partial charge >= 0.3 is 0 Å². The molecular formula is C25H36IN5O2. The van der Waals surface area contributed by atoms with Crippen molar-refractivity contribution in [2.24, 2.45) is 4.99 Å². The van der Waals surface area contributed by atoms with Crippen molar-refractivity contribution in [2.75, 3.05) is 38.2 Å². The maximum Gasteiger partial charge on any atom is 0.242 e. The predicted octanol–water partition coefficient (Wildman–Crippen LogP) is 3.85. The number of ether oxygens (including phenoxy) is 1. The smallest absolute Gasteiger partial charge is 0.242 e. The summed E-state index contributed by atoms with van der Waals surface area (Å²) in [5.41, 5.74) is 3.48. The van der Waals surface area contributed by atoms with Crippen LogP contribution in [-0.4, -0.2) is 45.2 Å². The van der Waals surface area contributed by atoms with Crippen LogP contribution >= 0.6 is 24.0 Å². The van der Waals surface area contributed by atoms with E-state index >= 15 is 0 Å². The van der Waals surface area contributed by atoms with E-state index in [1.165, 1.54) is 24.1 Å². The lowest BCUT2D eigenvalue weighted by molar-refractivity contribution is -0.119. The first-order valence-electron chi connectivity index (χ1n) is 11.4. The zero-order chi connectivity index (χ0) is 22.8. The van der Waals surface area contributed by atoms with Crippen LogP contribution in [0.3, 0.4) is 0 Å². The Balaban J connectivity index is 0.00000385. The van der Waals surface area contributed by atoms with Crippen LogP contribution in [0.5, 0.6) is 5.75 Å². The average Bonchev–Trinajstić information content (AvgIpc) is 3.37. The number of carbonyl (C=O) groups is 1. The first kappa shape index (κ1) is 26.8. The van der Waals surface area contributed by atoms with Gasteiger partial charge in [-0.1, -0.05) is 24.3 Å². The van der Waals surface area contributed by atoms with E-state index in [0.717, 1.165) is 30.9 Å². The molecule has 2 aromatic carbocycles. The number of amides is 1. The van der Waals surface area contributed by atoms with Gasteiger partial charge in [0.05, 0.1) is 13.2 Å². The second-order valence-corrected chi connectivity index (χ2v) is 7.98. The Morgan fingerprint density at radius 3 is 2.52 bits per heavy atom. The zero-order valence-electron chi connectivity index (χ0n) is 19.8. The minimum Gasteiger partial charge on any atom is -0.497 e. The second-order valence-electron chi connectivity index (χ2n) is 7.98. The molecule has 1 fully saturated rings. The van der Waals surface area contributed by atoms with Crippen LogP contribution in [0, 0.1) is 0 Å². The van der Waals surface area contributed by atoms with E-state index in [9.17, 15) is 4.79 Å². The van der Waals surface area contributed by atoms with Gasteiger partial charge in [0.25, 0.3) is 0 Å². The largest absolute Gasteiger partial charge is 0.497 e. The van der Waals surface area contributed by atoms with E-state index in [2.05, 4.69) is 57.0 Å².